The van der Waals surface area contributed by atoms with E-state index in [0.717, 1.165) is 18.8 Å². The number of anilines is 1. The van der Waals surface area contributed by atoms with Crippen LogP contribution in [-0.4, -0.2) is 54.5 Å². The van der Waals surface area contributed by atoms with Gasteiger partial charge in [-0.05, 0) is 43.6 Å². The minimum atomic E-state index is -0.101. The monoisotopic (exact) mass is 422 g/mol. The molecule has 1 heterocycles. The Kier molecular flexibility index (Phi) is 8.47. The van der Waals surface area contributed by atoms with Gasteiger partial charge in [0.05, 0.1) is 6.04 Å². The van der Waals surface area contributed by atoms with Crippen LogP contribution in [0.4, 0.5) is 10.5 Å². The molecule has 1 aliphatic rings. The van der Waals surface area contributed by atoms with Crippen LogP contribution < -0.4 is 10.6 Å². The molecule has 6 heteroatoms. The van der Waals surface area contributed by atoms with Gasteiger partial charge in [0, 0.05) is 31.2 Å². The molecule has 1 fully saturated rings. The molecule has 166 valence electrons. The van der Waals surface area contributed by atoms with E-state index in [0.29, 0.717) is 32.5 Å². The first kappa shape index (κ1) is 22.8. The van der Waals surface area contributed by atoms with Gasteiger partial charge in [-0.15, -0.1) is 0 Å². The highest BCUT2D eigenvalue weighted by molar-refractivity contribution is 5.89. The van der Waals surface area contributed by atoms with Gasteiger partial charge in [0.2, 0.25) is 5.91 Å². The Bertz CT molecular complexity index is 816. The van der Waals surface area contributed by atoms with Crippen LogP contribution in [-0.2, 0) is 4.79 Å². The first-order valence-electron chi connectivity index (χ1n) is 11.3. The second-order valence-electron chi connectivity index (χ2n) is 7.95. The molecule has 0 aromatic heterocycles. The summed E-state index contributed by atoms with van der Waals surface area (Å²) in [6.07, 6.45) is 1.38. The predicted molar refractivity (Wildman–Crippen MR) is 125 cm³/mol. The van der Waals surface area contributed by atoms with E-state index in [2.05, 4.69) is 41.5 Å². The second-order valence-corrected chi connectivity index (χ2v) is 7.95. The summed E-state index contributed by atoms with van der Waals surface area (Å²) in [4.78, 5) is 29.5. The molecule has 1 atom stereocenters. The Balaban J connectivity index is 1.50. The molecule has 1 saturated heterocycles. The summed E-state index contributed by atoms with van der Waals surface area (Å²) in [6.45, 7) is 7.94. The summed E-state index contributed by atoms with van der Waals surface area (Å²) in [7, 11) is 0. The van der Waals surface area contributed by atoms with Crippen LogP contribution in [0.25, 0.3) is 0 Å². The normalized spacial score (nSPS) is 15.5. The first-order chi connectivity index (χ1) is 15.1. The summed E-state index contributed by atoms with van der Waals surface area (Å²) in [5.41, 5.74) is 2.01. The summed E-state index contributed by atoms with van der Waals surface area (Å²) in [5.74, 6) is 0.0464. The van der Waals surface area contributed by atoms with E-state index in [1.807, 2.05) is 48.5 Å². The third-order valence-corrected chi connectivity index (χ3v) is 6.09. The van der Waals surface area contributed by atoms with Crippen LogP contribution in [0.2, 0.25) is 0 Å². The van der Waals surface area contributed by atoms with Crippen molar-refractivity contribution < 1.29 is 9.59 Å². The number of hydrogen-bond acceptors (Lipinski definition) is 3. The fourth-order valence-electron chi connectivity index (χ4n) is 4.21. The van der Waals surface area contributed by atoms with Crippen molar-refractivity contribution in [3.8, 4) is 0 Å². The van der Waals surface area contributed by atoms with Crippen LogP contribution in [0.3, 0.4) is 0 Å². The molecule has 2 aromatic carbocycles. The Morgan fingerprint density at radius 1 is 0.968 bits per heavy atom. The minimum absolute atomic E-state index is 0.0473. The van der Waals surface area contributed by atoms with E-state index in [-0.39, 0.29) is 23.9 Å². The average Bonchev–Trinajstić information content (AvgIpc) is 2.83. The number of likely N-dealkylation sites (N-methyl/N-ethyl adjacent to an activating group) is 1. The third-order valence-electron chi connectivity index (χ3n) is 6.09. The lowest BCUT2D eigenvalue weighted by molar-refractivity contribution is -0.126. The molecule has 6 nitrogen and oxygen atoms in total. The zero-order chi connectivity index (χ0) is 22.1. The highest BCUT2D eigenvalue weighted by Gasteiger charge is 2.28. The molecular weight excluding hydrogens is 388 g/mol. The van der Waals surface area contributed by atoms with E-state index in [9.17, 15) is 9.59 Å². The Labute approximate surface area is 185 Å². The lowest BCUT2D eigenvalue weighted by atomic mass is 9.95. The van der Waals surface area contributed by atoms with Crippen molar-refractivity contribution >= 4 is 17.6 Å². The van der Waals surface area contributed by atoms with Gasteiger partial charge >= 0.3 is 6.03 Å². The molecule has 3 amide bonds. The number of piperidine rings is 1. The third kappa shape index (κ3) is 6.31. The lowest BCUT2D eigenvalue weighted by Crippen LogP contribution is -2.46. The Hall–Kier alpha value is -2.86. The number of para-hydroxylation sites is 1. The second kappa shape index (κ2) is 11.5. The lowest BCUT2D eigenvalue weighted by Gasteiger charge is -2.33. The number of rotatable bonds is 8. The predicted octanol–water partition coefficient (Wildman–Crippen LogP) is 4.13. The van der Waals surface area contributed by atoms with Crippen LogP contribution >= 0.6 is 0 Å². The number of benzene rings is 2. The topological polar surface area (TPSA) is 64.7 Å². The van der Waals surface area contributed by atoms with E-state index in [1.165, 1.54) is 5.56 Å². The molecular formula is C25H34N4O2. The van der Waals surface area contributed by atoms with Crippen LogP contribution in [0, 0.1) is 5.92 Å². The molecule has 1 aliphatic heterocycles. The molecule has 0 unspecified atom stereocenters. The average molecular weight is 423 g/mol. The SMILES string of the molecule is CCN(CC)[C@H](CNC(=O)C1CCN(C(=O)Nc2ccccc2)CC1)c1ccccc1. The zero-order valence-corrected chi connectivity index (χ0v) is 18.6. The molecule has 0 aliphatic carbocycles. The van der Waals surface area contributed by atoms with Crippen molar-refractivity contribution in [2.75, 3.05) is 38.0 Å². The van der Waals surface area contributed by atoms with E-state index < -0.39 is 0 Å². The van der Waals surface area contributed by atoms with Crippen molar-refractivity contribution in [1.82, 2.24) is 15.1 Å². The fourth-order valence-corrected chi connectivity index (χ4v) is 4.21. The maximum Gasteiger partial charge on any atom is 0.321 e. The molecule has 0 bridgehead atoms. The number of carbonyl (C=O) groups excluding carboxylic acids is 2. The maximum absolute atomic E-state index is 12.9. The van der Waals surface area contributed by atoms with Crippen molar-refractivity contribution in [3.05, 3.63) is 66.2 Å². The standard InChI is InChI=1S/C25H34N4O2/c1-3-28(4-2)23(20-11-7-5-8-12-20)19-26-24(30)21-15-17-29(18-16-21)25(31)27-22-13-9-6-10-14-22/h5-14,21,23H,3-4,15-19H2,1-2H3,(H,26,30)(H,27,31)/t23-/m1/s1. The molecule has 0 spiro atoms. The number of nitrogens with zero attached hydrogens (tertiary/aromatic N) is 2. The molecule has 0 saturated carbocycles. The zero-order valence-electron chi connectivity index (χ0n) is 18.6. The van der Waals surface area contributed by atoms with Crippen LogP contribution in [0.1, 0.15) is 38.3 Å². The van der Waals surface area contributed by atoms with Crippen molar-refractivity contribution in [2.45, 2.75) is 32.7 Å². The van der Waals surface area contributed by atoms with Gasteiger partial charge in [0.25, 0.3) is 0 Å². The quantitative estimate of drug-likeness (QED) is 0.672. The van der Waals surface area contributed by atoms with E-state index in [4.69, 9.17) is 0 Å². The van der Waals surface area contributed by atoms with Gasteiger partial charge in [0.1, 0.15) is 0 Å². The molecule has 31 heavy (non-hydrogen) atoms. The highest BCUT2D eigenvalue weighted by Crippen LogP contribution is 2.22. The van der Waals surface area contributed by atoms with Gasteiger partial charge in [-0.1, -0.05) is 62.4 Å². The Morgan fingerprint density at radius 2 is 1.55 bits per heavy atom. The molecule has 3 rings (SSSR count). The molecule has 2 N–H and O–H groups in total. The number of carbonyl (C=O) groups is 2. The van der Waals surface area contributed by atoms with Crippen LogP contribution in [0.5, 0.6) is 0 Å². The number of hydrogen-bond donors (Lipinski definition) is 2. The molecule has 2 aromatic rings. The number of urea groups is 1. The number of amides is 3. The highest BCUT2D eigenvalue weighted by atomic mass is 16.2. The van der Waals surface area contributed by atoms with Gasteiger partial charge in [-0.3, -0.25) is 9.69 Å². The van der Waals surface area contributed by atoms with Crippen LogP contribution in [0.15, 0.2) is 60.7 Å². The van der Waals surface area contributed by atoms with Crippen molar-refractivity contribution in [3.63, 3.8) is 0 Å². The Morgan fingerprint density at radius 3 is 2.13 bits per heavy atom. The summed E-state index contributed by atoms with van der Waals surface area (Å²) < 4.78 is 0. The summed E-state index contributed by atoms with van der Waals surface area (Å²) in [5, 5.41) is 6.10. The summed E-state index contributed by atoms with van der Waals surface area (Å²) in [6, 6.07) is 19.9. The van der Waals surface area contributed by atoms with Gasteiger partial charge in [0.15, 0.2) is 0 Å². The largest absolute Gasteiger partial charge is 0.354 e. The number of nitrogens with one attached hydrogen (secondary N) is 2. The van der Waals surface area contributed by atoms with Crippen molar-refractivity contribution in [1.29, 1.82) is 0 Å². The maximum atomic E-state index is 12.9. The smallest absolute Gasteiger partial charge is 0.321 e. The van der Waals surface area contributed by atoms with E-state index in [1.54, 1.807) is 4.90 Å². The molecule has 0 radical (unpaired) electrons. The summed E-state index contributed by atoms with van der Waals surface area (Å²) >= 11 is 0. The van der Waals surface area contributed by atoms with Gasteiger partial charge in [-0.2, -0.15) is 0 Å². The van der Waals surface area contributed by atoms with Gasteiger partial charge < -0.3 is 15.5 Å². The van der Waals surface area contributed by atoms with E-state index >= 15 is 0 Å². The minimum Gasteiger partial charge on any atom is -0.354 e. The number of likely N-dealkylation sites (tertiary alicyclic amines) is 1. The van der Waals surface area contributed by atoms with Crippen molar-refractivity contribution in [2.24, 2.45) is 5.92 Å². The van der Waals surface area contributed by atoms with Gasteiger partial charge in [-0.25, -0.2) is 4.79 Å². The fraction of sp³-hybridized carbons (Fsp3) is 0.440. The first-order valence-corrected chi connectivity index (χ1v) is 11.3.